The van der Waals surface area contributed by atoms with Gasteiger partial charge in [-0.25, -0.2) is 0 Å². The number of nitrogens with one attached hydrogen (secondary N) is 2. The fourth-order valence-corrected chi connectivity index (χ4v) is 3.69. The molecule has 0 aromatic carbocycles. The molecule has 1 aliphatic heterocycles. The molecule has 0 saturated carbocycles. The highest BCUT2D eigenvalue weighted by molar-refractivity contribution is 5.80. The molecule has 2 unspecified atom stereocenters. The van der Waals surface area contributed by atoms with E-state index in [2.05, 4.69) is 26.6 Å². The Bertz CT molecular complexity index is 683. The summed E-state index contributed by atoms with van der Waals surface area (Å²) in [6, 6.07) is 4.07. The van der Waals surface area contributed by atoms with Crippen LogP contribution >= 0.6 is 0 Å². The summed E-state index contributed by atoms with van der Waals surface area (Å²) in [4.78, 5) is 19.4. The van der Waals surface area contributed by atoms with Crippen molar-refractivity contribution < 1.29 is 4.79 Å². The summed E-state index contributed by atoms with van der Waals surface area (Å²) in [5, 5.41) is 10.5. The summed E-state index contributed by atoms with van der Waals surface area (Å²) < 4.78 is 0. The largest absolute Gasteiger partial charge is 0.333 e. The summed E-state index contributed by atoms with van der Waals surface area (Å²) in [5.41, 5.74) is 3.49. The van der Waals surface area contributed by atoms with Gasteiger partial charge in [0.15, 0.2) is 0 Å². The summed E-state index contributed by atoms with van der Waals surface area (Å²) >= 11 is 0. The van der Waals surface area contributed by atoms with Crippen molar-refractivity contribution >= 4 is 5.91 Å². The number of aryl methyl sites for hydroxylation is 1. The Morgan fingerprint density at radius 2 is 2.30 bits per heavy atom. The maximum atomic E-state index is 13.1. The first-order valence-electron chi connectivity index (χ1n) is 8.25. The minimum Gasteiger partial charge on any atom is -0.333 e. The van der Waals surface area contributed by atoms with Crippen LogP contribution in [0.25, 0.3) is 0 Å². The van der Waals surface area contributed by atoms with Crippen LogP contribution in [0.4, 0.5) is 0 Å². The number of piperazine rings is 1. The molecule has 1 saturated heterocycles. The lowest BCUT2D eigenvalue weighted by atomic mass is 9.86. The van der Waals surface area contributed by atoms with E-state index in [4.69, 9.17) is 0 Å². The van der Waals surface area contributed by atoms with Crippen LogP contribution in [0, 0.1) is 5.92 Å². The van der Waals surface area contributed by atoms with E-state index in [9.17, 15) is 4.79 Å². The minimum atomic E-state index is 0.0558. The minimum absolute atomic E-state index is 0.0558. The van der Waals surface area contributed by atoms with Gasteiger partial charge in [0.2, 0.25) is 5.91 Å². The molecule has 0 radical (unpaired) electrons. The Morgan fingerprint density at radius 1 is 1.35 bits per heavy atom. The Hall–Kier alpha value is -2.21. The molecule has 2 atom stereocenters. The van der Waals surface area contributed by atoms with Crippen LogP contribution < -0.4 is 5.32 Å². The lowest BCUT2D eigenvalue weighted by molar-refractivity contribution is -0.139. The Kier molecular flexibility index (Phi) is 3.83. The van der Waals surface area contributed by atoms with Gasteiger partial charge in [-0.05, 0) is 30.0 Å². The number of H-pyrrole nitrogens is 1. The SMILES string of the molecule is O=C(C1CCc2cn[nH]c2C1)N1CCNCC1c1cccnc1. The topological polar surface area (TPSA) is 73.9 Å². The third-order valence-electron chi connectivity index (χ3n) is 4.97. The monoisotopic (exact) mass is 311 g/mol. The van der Waals surface area contributed by atoms with Crippen LogP contribution in [-0.2, 0) is 17.6 Å². The second kappa shape index (κ2) is 6.12. The molecular weight excluding hydrogens is 290 g/mol. The number of rotatable bonds is 2. The van der Waals surface area contributed by atoms with E-state index in [-0.39, 0.29) is 17.9 Å². The molecule has 0 bridgehead atoms. The summed E-state index contributed by atoms with van der Waals surface area (Å²) in [6.07, 6.45) is 8.15. The van der Waals surface area contributed by atoms with Crippen LogP contribution in [0.15, 0.2) is 30.7 Å². The quantitative estimate of drug-likeness (QED) is 0.870. The Morgan fingerprint density at radius 3 is 3.17 bits per heavy atom. The zero-order valence-corrected chi connectivity index (χ0v) is 13.0. The molecule has 1 fully saturated rings. The van der Waals surface area contributed by atoms with Crippen molar-refractivity contribution in [3.8, 4) is 0 Å². The number of fused-ring (bicyclic) bond motifs is 1. The molecule has 6 heteroatoms. The van der Waals surface area contributed by atoms with Gasteiger partial charge in [0.25, 0.3) is 0 Å². The third-order valence-corrected chi connectivity index (χ3v) is 4.97. The van der Waals surface area contributed by atoms with E-state index in [0.29, 0.717) is 0 Å². The number of nitrogens with zero attached hydrogens (tertiary/aromatic N) is 3. The predicted molar refractivity (Wildman–Crippen MR) is 85.7 cm³/mol. The standard InChI is InChI=1S/C17H21N5O/c23-17(12-3-4-13-10-20-21-15(13)8-12)22-7-6-19-11-16(22)14-2-1-5-18-9-14/h1-2,5,9-10,12,16,19H,3-4,6-8,11H2,(H,20,21). The van der Waals surface area contributed by atoms with Crippen LogP contribution in [0.3, 0.4) is 0 Å². The summed E-state index contributed by atoms with van der Waals surface area (Å²) in [7, 11) is 0. The molecule has 2 aliphatic rings. The van der Waals surface area contributed by atoms with Gasteiger partial charge in [0, 0.05) is 50.1 Å². The molecular formula is C17H21N5O. The molecule has 2 aromatic heterocycles. The van der Waals surface area contributed by atoms with Gasteiger partial charge in [-0.3, -0.25) is 14.9 Å². The normalized spacial score (nSPS) is 24.3. The molecule has 4 rings (SSSR count). The van der Waals surface area contributed by atoms with Gasteiger partial charge in [-0.1, -0.05) is 6.07 Å². The molecule has 23 heavy (non-hydrogen) atoms. The smallest absolute Gasteiger partial charge is 0.226 e. The van der Waals surface area contributed by atoms with Crippen molar-refractivity contribution in [1.82, 2.24) is 25.4 Å². The van der Waals surface area contributed by atoms with E-state index < -0.39 is 0 Å². The number of carbonyl (C=O) groups is 1. The van der Waals surface area contributed by atoms with E-state index in [0.717, 1.165) is 50.2 Å². The molecule has 2 aromatic rings. The molecule has 3 heterocycles. The van der Waals surface area contributed by atoms with Crippen molar-refractivity contribution in [2.24, 2.45) is 5.92 Å². The molecule has 1 amide bonds. The van der Waals surface area contributed by atoms with Crippen molar-refractivity contribution in [1.29, 1.82) is 0 Å². The Labute approximate surface area is 135 Å². The number of hydrogen-bond acceptors (Lipinski definition) is 4. The van der Waals surface area contributed by atoms with Gasteiger partial charge >= 0.3 is 0 Å². The van der Waals surface area contributed by atoms with Crippen molar-refractivity contribution in [3.05, 3.63) is 47.5 Å². The van der Waals surface area contributed by atoms with Gasteiger partial charge < -0.3 is 10.2 Å². The van der Waals surface area contributed by atoms with Gasteiger partial charge in [0.1, 0.15) is 0 Å². The molecule has 2 N–H and O–H groups in total. The number of hydrogen-bond donors (Lipinski definition) is 2. The lowest BCUT2D eigenvalue weighted by Crippen LogP contribution is -2.51. The van der Waals surface area contributed by atoms with Gasteiger partial charge in [0.05, 0.1) is 12.2 Å². The van der Waals surface area contributed by atoms with E-state index >= 15 is 0 Å². The van der Waals surface area contributed by atoms with E-state index in [1.807, 2.05) is 23.4 Å². The first-order valence-corrected chi connectivity index (χ1v) is 8.25. The first kappa shape index (κ1) is 14.4. The number of aromatic amines is 1. The molecule has 0 spiro atoms. The van der Waals surface area contributed by atoms with E-state index in [1.54, 1.807) is 6.20 Å². The summed E-state index contributed by atoms with van der Waals surface area (Å²) in [6.45, 7) is 2.40. The highest BCUT2D eigenvalue weighted by Crippen LogP contribution is 2.29. The second-order valence-corrected chi connectivity index (χ2v) is 6.35. The fourth-order valence-electron chi connectivity index (χ4n) is 3.69. The van der Waals surface area contributed by atoms with Crippen molar-refractivity contribution in [2.75, 3.05) is 19.6 Å². The second-order valence-electron chi connectivity index (χ2n) is 6.35. The van der Waals surface area contributed by atoms with Gasteiger partial charge in [-0.2, -0.15) is 5.10 Å². The average molecular weight is 311 g/mol. The average Bonchev–Trinajstić information content (AvgIpc) is 3.09. The molecule has 6 nitrogen and oxygen atoms in total. The highest BCUT2D eigenvalue weighted by Gasteiger charge is 2.34. The number of aromatic nitrogens is 3. The highest BCUT2D eigenvalue weighted by atomic mass is 16.2. The fraction of sp³-hybridized carbons (Fsp3) is 0.471. The van der Waals surface area contributed by atoms with Crippen molar-refractivity contribution in [2.45, 2.75) is 25.3 Å². The Balaban J connectivity index is 1.54. The van der Waals surface area contributed by atoms with Crippen LogP contribution in [0.5, 0.6) is 0 Å². The van der Waals surface area contributed by atoms with Crippen LogP contribution in [0.2, 0.25) is 0 Å². The maximum Gasteiger partial charge on any atom is 0.226 e. The summed E-state index contributed by atoms with van der Waals surface area (Å²) in [5.74, 6) is 0.320. The van der Waals surface area contributed by atoms with Crippen LogP contribution in [0.1, 0.15) is 29.3 Å². The predicted octanol–water partition coefficient (Wildman–Crippen LogP) is 1.08. The molecule has 1 aliphatic carbocycles. The zero-order chi connectivity index (χ0) is 15.6. The molecule has 120 valence electrons. The lowest BCUT2D eigenvalue weighted by Gasteiger charge is -2.39. The maximum absolute atomic E-state index is 13.1. The zero-order valence-electron chi connectivity index (χ0n) is 13.0. The number of pyridine rings is 1. The van der Waals surface area contributed by atoms with E-state index in [1.165, 1.54) is 5.56 Å². The third kappa shape index (κ3) is 2.74. The first-order chi connectivity index (χ1) is 11.3. The number of amides is 1. The van der Waals surface area contributed by atoms with Crippen molar-refractivity contribution in [3.63, 3.8) is 0 Å². The number of carbonyl (C=O) groups excluding carboxylic acids is 1. The van der Waals surface area contributed by atoms with Gasteiger partial charge in [-0.15, -0.1) is 0 Å². The van der Waals surface area contributed by atoms with Crippen LogP contribution in [-0.4, -0.2) is 45.6 Å².